The molecule has 182 valence electrons. The zero-order valence-corrected chi connectivity index (χ0v) is 20.9. The number of benzene rings is 1. The Labute approximate surface area is 207 Å². The van der Waals surface area contributed by atoms with E-state index in [1.165, 1.54) is 6.42 Å². The van der Waals surface area contributed by atoms with Crippen molar-refractivity contribution >= 4 is 22.7 Å². The predicted octanol–water partition coefficient (Wildman–Crippen LogP) is 4.29. The number of piperidine rings is 1. The lowest BCUT2D eigenvalue weighted by atomic mass is 10.1. The molecule has 2 aromatic heterocycles. The highest BCUT2D eigenvalue weighted by Gasteiger charge is 2.24. The van der Waals surface area contributed by atoms with Crippen LogP contribution in [0, 0.1) is 18.3 Å². The number of hydrogen-bond acceptors (Lipinski definition) is 5. The second-order valence-corrected chi connectivity index (χ2v) is 9.29. The van der Waals surface area contributed by atoms with Crippen LogP contribution in [0.3, 0.4) is 0 Å². The largest absolute Gasteiger partial charge is 0.346 e. The summed E-state index contributed by atoms with van der Waals surface area (Å²) in [6.07, 6.45) is 4.39. The molecule has 1 amide bonds. The maximum Gasteiger partial charge on any atom is 0.222 e. The van der Waals surface area contributed by atoms with E-state index in [1.54, 1.807) is 24.1 Å². The standard InChI is InChI=1S/C28H33N5O2/c1-4-31(3)26(35)15-11-22-10-14-24-28(30-22)27(25(34)19-32-16-6-5-7-17-32)20(2)33(24)23-12-8-21(18-29)9-13-23/h8-10,12-14H,4-7,11,15-17,19H2,1-3H3. The van der Waals surface area contributed by atoms with Gasteiger partial charge in [0, 0.05) is 37.1 Å². The van der Waals surface area contributed by atoms with Crippen molar-refractivity contribution in [3.05, 3.63) is 58.9 Å². The van der Waals surface area contributed by atoms with Crippen LogP contribution in [-0.2, 0) is 11.2 Å². The summed E-state index contributed by atoms with van der Waals surface area (Å²) in [5.41, 5.74) is 5.31. The molecule has 1 fully saturated rings. The monoisotopic (exact) mass is 471 g/mol. The number of likely N-dealkylation sites (tertiary alicyclic amines) is 1. The van der Waals surface area contributed by atoms with E-state index in [1.807, 2.05) is 42.7 Å². The summed E-state index contributed by atoms with van der Waals surface area (Å²) in [4.78, 5) is 34.8. The van der Waals surface area contributed by atoms with E-state index in [0.29, 0.717) is 42.6 Å². The third-order valence-corrected chi connectivity index (χ3v) is 6.95. The van der Waals surface area contributed by atoms with Crippen molar-refractivity contribution in [2.45, 2.75) is 46.0 Å². The molecule has 3 heterocycles. The molecule has 3 aromatic rings. The van der Waals surface area contributed by atoms with Gasteiger partial charge in [-0.1, -0.05) is 6.42 Å². The highest BCUT2D eigenvalue weighted by atomic mass is 16.2. The van der Waals surface area contributed by atoms with Crippen molar-refractivity contribution in [2.75, 3.05) is 33.2 Å². The molecule has 1 aliphatic heterocycles. The fourth-order valence-electron chi connectivity index (χ4n) is 4.81. The third-order valence-electron chi connectivity index (χ3n) is 6.95. The molecule has 0 radical (unpaired) electrons. The van der Waals surface area contributed by atoms with Crippen molar-refractivity contribution in [1.82, 2.24) is 19.4 Å². The van der Waals surface area contributed by atoms with Crippen LogP contribution in [-0.4, -0.2) is 64.3 Å². The number of amides is 1. The zero-order valence-electron chi connectivity index (χ0n) is 20.9. The van der Waals surface area contributed by atoms with Crippen LogP contribution in [0.25, 0.3) is 16.7 Å². The average molecular weight is 472 g/mol. The number of ketones is 1. The highest BCUT2D eigenvalue weighted by molar-refractivity contribution is 6.09. The van der Waals surface area contributed by atoms with E-state index < -0.39 is 0 Å². The molecule has 7 heteroatoms. The minimum absolute atomic E-state index is 0.0771. The smallest absolute Gasteiger partial charge is 0.222 e. The molecule has 7 nitrogen and oxygen atoms in total. The summed E-state index contributed by atoms with van der Waals surface area (Å²) >= 11 is 0. The van der Waals surface area contributed by atoms with Gasteiger partial charge in [-0.15, -0.1) is 0 Å². The summed E-state index contributed by atoms with van der Waals surface area (Å²) in [5, 5.41) is 9.19. The van der Waals surface area contributed by atoms with E-state index in [9.17, 15) is 14.9 Å². The molecule has 0 unspecified atom stereocenters. The summed E-state index contributed by atoms with van der Waals surface area (Å²) < 4.78 is 2.05. The predicted molar refractivity (Wildman–Crippen MR) is 137 cm³/mol. The molecule has 1 saturated heterocycles. The summed E-state index contributed by atoms with van der Waals surface area (Å²) in [6.45, 7) is 6.88. The molecule has 0 spiro atoms. The summed E-state index contributed by atoms with van der Waals surface area (Å²) in [5.74, 6) is 0.162. The lowest BCUT2D eigenvalue weighted by Crippen LogP contribution is -2.34. The van der Waals surface area contributed by atoms with Crippen molar-refractivity contribution in [3.8, 4) is 11.8 Å². The van der Waals surface area contributed by atoms with Crippen molar-refractivity contribution in [3.63, 3.8) is 0 Å². The number of carbonyl (C=O) groups excluding carboxylic acids is 2. The first-order chi connectivity index (χ1) is 16.9. The summed E-state index contributed by atoms with van der Waals surface area (Å²) in [6, 6.07) is 13.5. The number of rotatable bonds is 8. The van der Waals surface area contributed by atoms with Gasteiger partial charge in [0.15, 0.2) is 5.78 Å². The zero-order chi connectivity index (χ0) is 24.9. The van der Waals surface area contributed by atoms with Crippen molar-refractivity contribution in [1.29, 1.82) is 5.26 Å². The maximum absolute atomic E-state index is 13.6. The number of fused-ring (bicyclic) bond motifs is 1. The van der Waals surface area contributed by atoms with E-state index in [2.05, 4.69) is 11.0 Å². The van der Waals surface area contributed by atoms with Crippen LogP contribution in [0.4, 0.5) is 0 Å². The normalized spacial score (nSPS) is 14.1. The maximum atomic E-state index is 13.6. The van der Waals surface area contributed by atoms with Crippen LogP contribution >= 0.6 is 0 Å². The van der Waals surface area contributed by atoms with Gasteiger partial charge < -0.3 is 9.47 Å². The highest BCUT2D eigenvalue weighted by Crippen LogP contribution is 2.29. The Bertz CT molecular complexity index is 1260. The topological polar surface area (TPSA) is 82.2 Å². The molecule has 1 aromatic carbocycles. The Morgan fingerprint density at radius 3 is 2.46 bits per heavy atom. The van der Waals surface area contributed by atoms with Crippen LogP contribution < -0.4 is 0 Å². The third kappa shape index (κ3) is 5.28. The van der Waals surface area contributed by atoms with Crippen LogP contribution in [0.2, 0.25) is 0 Å². The van der Waals surface area contributed by atoms with Gasteiger partial charge in [-0.05, 0) is 82.6 Å². The lowest BCUT2D eigenvalue weighted by Gasteiger charge is -2.25. The van der Waals surface area contributed by atoms with Gasteiger partial charge in [-0.2, -0.15) is 5.26 Å². The van der Waals surface area contributed by atoms with Gasteiger partial charge in [0.1, 0.15) is 0 Å². The van der Waals surface area contributed by atoms with Gasteiger partial charge in [0.25, 0.3) is 0 Å². The number of carbonyl (C=O) groups is 2. The molecular weight excluding hydrogens is 438 g/mol. The Morgan fingerprint density at radius 1 is 1.09 bits per heavy atom. The minimum Gasteiger partial charge on any atom is -0.346 e. The molecule has 0 aliphatic carbocycles. The van der Waals surface area contributed by atoms with Crippen molar-refractivity contribution in [2.24, 2.45) is 0 Å². The Balaban J connectivity index is 1.74. The number of Topliss-reactive ketones (excluding diaryl/α,β-unsaturated/α-hetero) is 1. The first-order valence-electron chi connectivity index (χ1n) is 12.4. The summed E-state index contributed by atoms with van der Waals surface area (Å²) in [7, 11) is 1.80. The minimum atomic E-state index is 0.0771. The second-order valence-electron chi connectivity index (χ2n) is 9.29. The van der Waals surface area contributed by atoms with Gasteiger partial charge in [-0.3, -0.25) is 19.5 Å². The first-order valence-corrected chi connectivity index (χ1v) is 12.4. The number of nitriles is 1. The van der Waals surface area contributed by atoms with Gasteiger partial charge in [0.05, 0.1) is 34.8 Å². The number of aromatic nitrogens is 2. The molecule has 0 N–H and O–H groups in total. The first kappa shape index (κ1) is 24.6. The van der Waals surface area contributed by atoms with Crippen LogP contribution in [0.5, 0.6) is 0 Å². The molecule has 1 aliphatic rings. The number of hydrogen-bond donors (Lipinski definition) is 0. The van der Waals surface area contributed by atoms with Gasteiger partial charge in [-0.25, -0.2) is 0 Å². The lowest BCUT2D eigenvalue weighted by molar-refractivity contribution is -0.129. The van der Waals surface area contributed by atoms with E-state index in [-0.39, 0.29) is 11.7 Å². The number of aryl methyl sites for hydroxylation is 1. The van der Waals surface area contributed by atoms with E-state index in [0.717, 1.165) is 48.5 Å². The SMILES string of the molecule is CCN(C)C(=O)CCc1ccc2c(n1)c(C(=O)CN1CCCCC1)c(C)n2-c1ccc(C#N)cc1. The molecule has 4 rings (SSSR count). The quantitative estimate of drug-likeness (QED) is 0.458. The molecule has 0 saturated carbocycles. The van der Waals surface area contributed by atoms with Crippen molar-refractivity contribution < 1.29 is 9.59 Å². The van der Waals surface area contributed by atoms with Crippen LogP contribution in [0.1, 0.15) is 59.9 Å². The Morgan fingerprint density at radius 2 is 1.80 bits per heavy atom. The van der Waals surface area contributed by atoms with E-state index >= 15 is 0 Å². The average Bonchev–Trinajstić information content (AvgIpc) is 3.18. The van der Waals surface area contributed by atoms with Gasteiger partial charge >= 0.3 is 0 Å². The van der Waals surface area contributed by atoms with E-state index in [4.69, 9.17) is 4.98 Å². The fraction of sp³-hybridized carbons (Fsp3) is 0.429. The number of pyridine rings is 1. The molecule has 35 heavy (non-hydrogen) atoms. The fourth-order valence-corrected chi connectivity index (χ4v) is 4.81. The Hall–Kier alpha value is -3.50. The Kier molecular flexibility index (Phi) is 7.62. The number of nitrogens with zero attached hydrogens (tertiary/aromatic N) is 5. The van der Waals surface area contributed by atoms with Crippen LogP contribution in [0.15, 0.2) is 36.4 Å². The molecule has 0 atom stereocenters. The molecular formula is C28H33N5O2. The second kappa shape index (κ2) is 10.8. The molecule has 0 bridgehead atoms. The van der Waals surface area contributed by atoms with Gasteiger partial charge in [0.2, 0.25) is 5.91 Å².